The number of hydrogen-bond acceptors (Lipinski definition) is 4. The molecule has 0 bridgehead atoms. The van der Waals surface area contributed by atoms with Crippen LogP contribution in [0.4, 0.5) is 0 Å². The van der Waals surface area contributed by atoms with Gasteiger partial charge in [-0.3, -0.25) is 0 Å². The zero-order chi connectivity index (χ0) is 10.3. The Labute approximate surface area is 87.3 Å². The topological polar surface area (TPSA) is 66.5 Å². The third-order valence-electron chi connectivity index (χ3n) is 3.06. The molecule has 5 nitrogen and oxygen atoms in total. The smallest absolute Gasteiger partial charge is 0.180 e. The van der Waals surface area contributed by atoms with E-state index in [2.05, 4.69) is 32.2 Å². The zero-order valence-electron chi connectivity index (χ0n) is 8.57. The highest BCUT2D eigenvalue weighted by atomic mass is 15.0. The fraction of sp³-hybridized carbons (Fsp3) is 0.500. The van der Waals surface area contributed by atoms with E-state index in [1.165, 1.54) is 6.33 Å². The molecule has 3 heterocycles. The Morgan fingerprint density at radius 2 is 2.40 bits per heavy atom. The second-order valence-electron chi connectivity index (χ2n) is 4.02. The number of aromatic nitrogens is 4. The van der Waals surface area contributed by atoms with Crippen molar-refractivity contribution in [2.75, 3.05) is 6.54 Å². The minimum atomic E-state index is 0.471. The van der Waals surface area contributed by atoms with E-state index >= 15 is 0 Å². The van der Waals surface area contributed by atoms with E-state index in [9.17, 15) is 0 Å². The van der Waals surface area contributed by atoms with Crippen molar-refractivity contribution in [1.82, 2.24) is 25.3 Å². The summed E-state index contributed by atoms with van der Waals surface area (Å²) in [5.41, 5.74) is 1.69. The van der Waals surface area contributed by atoms with Crippen molar-refractivity contribution >= 4 is 11.2 Å². The maximum absolute atomic E-state index is 4.50. The van der Waals surface area contributed by atoms with Crippen LogP contribution in [0.1, 0.15) is 25.1 Å². The minimum Gasteiger partial charge on any atom is -0.339 e. The predicted molar refractivity (Wildman–Crippen MR) is 56.5 cm³/mol. The summed E-state index contributed by atoms with van der Waals surface area (Å²) in [7, 11) is 0. The van der Waals surface area contributed by atoms with Crippen LogP contribution in [-0.2, 0) is 0 Å². The highest BCUT2D eigenvalue weighted by Gasteiger charge is 2.27. The van der Waals surface area contributed by atoms with Gasteiger partial charge in [0.2, 0.25) is 0 Å². The van der Waals surface area contributed by atoms with Crippen molar-refractivity contribution in [2.24, 2.45) is 0 Å². The van der Waals surface area contributed by atoms with Crippen LogP contribution in [0.2, 0.25) is 0 Å². The van der Waals surface area contributed by atoms with Gasteiger partial charge in [-0.25, -0.2) is 15.0 Å². The van der Waals surface area contributed by atoms with Crippen LogP contribution >= 0.6 is 0 Å². The van der Waals surface area contributed by atoms with E-state index in [-0.39, 0.29) is 0 Å². The first-order valence-electron chi connectivity index (χ1n) is 5.23. The van der Waals surface area contributed by atoms with Crippen LogP contribution in [0.15, 0.2) is 12.5 Å². The van der Waals surface area contributed by atoms with Crippen molar-refractivity contribution in [3.8, 4) is 0 Å². The molecule has 1 aliphatic rings. The van der Waals surface area contributed by atoms with Crippen molar-refractivity contribution in [3.05, 3.63) is 18.3 Å². The number of nitrogens with one attached hydrogen (secondary N) is 2. The minimum absolute atomic E-state index is 0.471. The lowest BCUT2D eigenvalue weighted by atomic mass is 10.0. The van der Waals surface area contributed by atoms with E-state index in [0.717, 1.165) is 30.0 Å². The van der Waals surface area contributed by atoms with Gasteiger partial charge in [-0.1, -0.05) is 0 Å². The second kappa shape index (κ2) is 3.27. The van der Waals surface area contributed by atoms with E-state index in [1.54, 1.807) is 6.20 Å². The van der Waals surface area contributed by atoms with Crippen LogP contribution in [0.25, 0.3) is 11.2 Å². The molecule has 0 aliphatic carbocycles. The van der Waals surface area contributed by atoms with Gasteiger partial charge in [0, 0.05) is 12.0 Å². The van der Waals surface area contributed by atoms with Gasteiger partial charge in [0.25, 0.3) is 0 Å². The maximum Gasteiger partial charge on any atom is 0.180 e. The molecule has 0 aromatic carbocycles. The molecule has 2 aromatic rings. The van der Waals surface area contributed by atoms with Crippen molar-refractivity contribution in [1.29, 1.82) is 0 Å². The van der Waals surface area contributed by atoms with Gasteiger partial charge in [-0.05, 0) is 19.9 Å². The van der Waals surface area contributed by atoms with Crippen LogP contribution in [0.5, 0.6) is 0 Å². The molecular formula is C10H13N5. The molecule has 0 saturated carbocycles. The quantitative estimate of drug-likeness (QED) is 0.720. The average Bonchev–Trinajstić information content (AvgIpc) is 2.82. The van der Waals surface area contributed by atoms with Crippen LogP contribution < -0.4 is 5.32 Å². The first-order chi connectivity index (χ1) is 7.34. The summed E-state index contributed by atoms with van der Waals surface area (Å²) in [6.07, 6.45) is 4.43. The molecule has 1 aliphatic heterocycles. The van der Waals surface area contributed by atoms with Gasteiger partial charge in [-0.15, -0.1) is 0 Å². The van der Waals surface area contributed by atoms with Crippen LogP contribution in [0, 0.1) is 0 Å². The zero-order valence-corrected chi connectivity index (χ0v) is 8.57. The van der Waals surface area contributed by atoms with E-state index < -0.39 is 0 Å². The van der Waals surface area contributed by atoms with Crippen molar-refractivity contribution < 1.29 is 0 Å². The van der Waals surface area contributed by atoms with Gasteiger partial charge in [0.15, 0.2) is 5.65 Å². The Balaban J connectivity index is 2.04. The lowest BCUT2D eigenvalue weighted by Crippen LogP contribution is -2.22. The molecule has 0 radical (unpaired) electrons. The molecule has 3 rings (SSSR count). The summed E-state index contributed by atoms with van der Waals surface area (Å²) < 4.78 is 0. The molecule has 1 fully saturated rings. The van der Waals surface area contributed by atoms with Crippen LogP contribution in [-0.4, -0.2) is 32.5 Å². The number of fused-ring (bicyclic) bond motifs is 1. The first kappa shape index (κ1) is 8.79. The summed E-state index contributed by atoms with van der Waals surface area (Å²) in [4.78, 5) is 15.9. The van der Waals surface area contributed by atoms with Gasteiger partial charge in [0.1, 0.15) is 17.7 Å². The summed E-state index contributed by atoms with van der Waals surface area (Å²) >= 11 is 0. The number of hydrogen-bond donors (Lipinski definition) is 2. The second-order valence-corrected chi connectivity index (χ2v) is 4.02. The van der Waals surface area contributed by atoms with Crippen molar-refractivity contribution in [2.45, 2.75) is 25.3 Å². The Hall–Kier alpha value is -1.49. The summed E-state index contributed by atoms with van der Waals surface area (Å²) in [5.74, 6) is 1.50. The maximum atomic E-state index is 4.50. The standard InChI is InChI=1S/C10H13N5/c1-6-7(2-3-12-6)9-14-8-4-11-5-13-10(8)15-9/h4-7,12H,2-3H2,1H3,(H,11,13,14,15). The molecule has 2 aromatic heterocycles. The van der Waals surface area contributed by atoms with Crippen molar-refractivity contribution in [3.63, 3.8) is 0 Å². The molecule has 2 N–H and O–H groups in total. The molecule has 15 heavy (non-hydrogen) atoms. The summed E-state index contributed by atoms with van der Waals surface area (Å²) in [5, 5.41) is 3.42. The molecule has 0 amide bonds. The summed E-state index contributed by atoms with van der Waals surface area (Å²) in [6, 6.07) is 0.485. The number of rotatable bonds is 1. The summed E-state index contributed by atoms with van der Waals surface area (Å²) in [6.45, 7) is 3.26. The fourth-order valence-corrected chi connectivity index (χ4v) is 2.19. The predicted octanol–water partition coefficient (Wildman–Crippen LogP) is 0.818. The Morgan fingerprint density at radius 3 is 3.13 bits per heavy atom. The van der Waals surface area contributed by atoms with E-state index in [1.807, 2.05) is 0 Å². The molecule has 2 unspecified atom stereocenters. The first-order valence-corrected chi connectivity index (χ1v) is 5.23. The third-order valence-corrected chi connectivity index (χ3v) is 3.06. The Kier molecular flexibility index (Phi) is 1.92. The number of aromatic amines is 1. The van der Waals surface area contributed by atoms with Gasteiger partial charge in [-0.2, -0.15) is 0 Å². The largest absolute Gasteiger partial charge is 0.339 e. The number of H-pyrrole nitrogens is 1. The molecule has 78 valence electrons. The molecule has 1 saturated heterocycles. The lowest BCUT2D eigenvalue weighted by molar-refractivity contribution is 0.574. The molecule has 5 heteroatoms. The van der Waals surface area contributed by atoms with E-state index in [4.69, 9.17) is 0 Å². The fourth-order valence-electron chi connectivity index (χ4n) is 2.19. The molecule has 0 spiro atoms. The van der Waals surface area contributed by atoms with Gasteiger partial charge in [0.05, 0.1) is 6.20 Å². The average molecular weight is 203 g/mol. The lowest BCUT2D eigenvalue weighted by Gasteiger charge is -2.11. The monoisotopic (exact) mass is 203 g/mol. The highest BCUT2D eigenvalue weighted by Crippen LogP contribution is 2.26. The SMILES string of the molecule is CC1NCCC1c1nc2ncncc2[nH]1. The van der Waals surface area contributed by atoms with Crippen LogP contribution in [0.3, 0.4) is 0 Å². The Morgan fingerprint density at radius 1 is 1.47 bits per heavy atom. The molecular weight excluding hydrogens is 190 g/mol. The van der Waals surface area contributed by atoms with Gasteiger partial charge >= 0.3 is 0 Å². The molecule has 2 atom stereocenters. The number of nitrogens with zero attached hydrogens (tertiary/aromatic N) is 3. The van der Waals surface area contributed by atoms with E-state index in [0.29, 0.717) is 12.0 Å². The Bertz CT molecular complexity index is 444. The highest BCUT2D eigenvalue weighted by molar-refractivity contribution is 5.68. The normalized spacial score (nSPS) is 26.2. The third kappa shape index (κ3) is 1.39. The van der Waals surface area contributed by atoms with Gasteiger partial charge < -0.3 is 10.3 Å². The number of imidazole rings is 1.